The van der Waals surface area contributed by atoms with Crippen LogP contribution in [0, 0.1) is 0 Å². The maximum atomic E-state index is 12.8. The van der Waals surface area contributed by atoms with Gasteiger partial charge in [0.1, 0.15) is 6.10 Å². The number of halogens is 2. The van der Waals surface area contributed by atoms with Crippen LogP contribution in [0.15, 0.2) is 47.6 Å². The van der Waals surface area contributed by atoms with Gasteiger partial charge in [0.05, 0.1) is 12.1 Å². The summed E-state index contributed by atoms with van der Waals surface area (Å²) in [5, 5.41) is 0. The van der Waals surface area contributed by atoms with E-state index in [-0.39, 0.29) is 22.9 Å². The lowest BCUT2D eigenvalue weighted by molar-refractivity contribution is 0.0513. The van der Waals surface area contributed by atoms with Crippen LogP contribution in [0.25, 0.3) is 0 Å². The molecule has 0 bridgehead atoms. The highest BCUT2D eigenvalue weighted by atomic mass is 32.2. The third-order valence-corrected chi connectivity index (χ3v) is 4.60. The Hall–Kier alpha value is -2.22. The van der Waals surface area contributed by atoms with Gasteiger partial charge in [-0.15, -0.1) is 0 Å². The number of carbonyl (C=O) groups is 1. The minimum absolute atomic E-state index is 0.213. The largest absolute Gasteiger partial charge is 0.458 e. The van der Waals surface area contributed by atoms with E-state index in [4.69, 9.17) is 4.74 Å². The Labute approximate surface area is 148 Å². The van der Waals surface area contributed by atoms with Gasteiger partial charge in [-0.05, 0) is 31.0 Å². The molecule has 1 aromatic heterocycles. The van der Waals surface area contributed by atoms with Gasteiger partial charge in [-0.2, -0.15) is 8.78 Å². The summed E-state index contributed by atoms with van der Waals surface area (Å²) in [6, 6.07) is 8.42. The van der Waals surface area contributed by atoms with Gasteiger partial charge in [0.15, 0.2) is 0 Å². The van der Waals surface area contributed by atoms with E-state index < -0.39 is 5.76 Å². The van der Waals surface area contributed by atoms with Gasteiger partial charge in [-0.3, -0.25) is 4.79 Å². The van der Waals surface area contributed by atoms with Crippen molar-refractivity contribution in [2.45, 2.75) is 29.6 Å². The summed E-state index contributed by atoms with van der Waals surface area (Å²) in [5.41, 5.74) is 0.296. The Morgan fingerprint density at radius 1 is 1.24 bits per heavy atom. The number of rotatable bonds is 5. The maximum absolute atomic E-state index is 12.8. The highest BCUT2D eigenvalue weighted by Crippen LogP contribution is 2.29. The lowest BCUT2D eigenvalue weighted by Crippen LogP contribution is -2.44. The van der Waals surface area contributed by atoms with Crippen LogP contribution in [0.4, 0.5) is 8.78 Å². The molecule has 2 aromatic rings. The van der Waals surface area contributed by atoms with Crippen molar-refractivity contribution in [2.24, 2.45) is 0 Å². The predicted molar refractivity (Wildman–Crippen MR) is 89.9 cm³/mol. The van der Waals surface area contributed by atoms with Crippen molar-refractivity contribution in [3.05, 3.63) is 48.3 Å². The number of hydrogen-bond donors (Lipinski definition) is 0. The summed E-state index contributed by atoms with van der Waals surface area (Å²) in [5.74, 6) is -2.83. The number of alkyl halides is 2. The molecule has 8 heteroatoms. The first kappa shape index (κ1) is 17.6. The number of amides is 1. The smallest absolute Gasteiger partial charge is 0.316 e. The van der Waals surface area contributed by atoms with E-state index in [0.29, 0.717) is 30.4 Å². The van der Waals surface area contributed by atoms with Crippen LogP contribution in [0.1, 0.15) is 23.2 Å². The molecular weight excluding hydrogens is 348 g/mol. The second kappa shape index (κ2) is 8.24. The van der Waals surface area contributed by atoms with Gasteiger partial charge in [-0.1, -0.05) is 23.9 Å². The first-order valence-electron chi connectivity index (χ1n) is 7.90. The summed E-state index contributed by atoms with van der Waals surface area (Å²) in [6.07, 6.45) is 4.52. The lowest BCUT2D eigenvalue weighted by atomic mass is 10.1. The Morgan fingerprint density at radius 3 is 2.76 bits per heavy atom. The van der Waals surface area contributed by atoms with E-state index in [0.717, 1.165) is 12.8 Å². The molecule has 1 saturated heterocycles. The summed E-state index contributed by atoms with van der Waals surface area (Å²) in [6.45, 7) is 0.951. The topological polar surface area (TPSA) is 55.3 Å². The molecule has 0 aliphatic carbocycles. The fraction of sp³-hybridized carbons (Fsp3) is 0.353. The molecule has 1 amide bonds. The third kappa shape index (κ3) is 4.66. The molecule has 1 atom stereocenters. The Bertz CT molecular complexity index is 718. The Kier molecular flexibility index (Phi) is 5.80. The van der Waals surface area contributed by atoms with Crippen LogP contribution in [0.2, 0.25) is 0 Å². The maximum Gasteiger partial charge on any atom is 0.316 e. The highest BCUT2D eigenvalue weighted by molar-refractivity contribution is 7.99. The fourth-order valence-corrected chi connectivity index (χ4v) is 3.36. The average Bonchev–Trinajstić information content (AvgIpc) is 2.62. The zero-order valence-electron chi connectivity index (χ0n) is 13.3. The van der Waals surface area contributed by atoms with Crippen LogP contribution < -0.4 is 4.74 Å². The molecule has 25 heavy (non-hydrogen) atoms. The molecule has 3 rings (SSSR count). The monoisotopic (exact) mass is 365 g/mol. The molecule has 0 radical (unpaired) electrons. The molecule has 0 N–H and O–H groups in total. The van der Waals surface area contributed by atoms with E-state index >= 15 is 0 Å². The van der Waals surface area contributed by atoms with E-state index in [9.17, 15) is 13.6 Å². The van der Waals surface area contributed by atoms with Gasteiger partial charge in [-0.25, -0.2) is 9.97 Å². The summed E-state index contributed by atoms with van der Waals surface area (Å²) in [7, 11) is 0. The van der Waals surface area contributed by atoms with Gasteiger partial charge < -0.3 is 9.64 Å². The second-order valence-electron chi connectivity index (χ2n) is 5.54. The summed E-state index contributed by atoms with van der Waals surface area (Å²) < 4.78 is 31.2. The second-order valence-corrected chi connectivity index (χ2v) is 6.57. The molecule has 0 saturated carbocycles. The molecule has 1 aromatic carbocycles. The number of carbonyl (C=O) groups excluding carboxylic acids is 1. The number of ether oxygens (including phenoxy) is 1. The van der Waals surface area contributed by atoms with Crippen molar-refractivity contribution >= 4 is 17.7 Å². The van der Waals surface area contributed by atoms with E-state index in [1.165, 1.54) is 0 Å². The first-order valence-corrected chi connectivity index (χ1v) is 8.78. The quantitative estimate of drug-likeness (QED) is 0.760. The molecule has 1 aliphatic heterocycles. The highest BCUT2D eigenvalue weighted by Gasteiger charge is 2.27. The van der Waals surface area contributed by atoms with E-state index in [1.54, 1.807) is 47.6 Å². The van der Waals surface area contributed by atoms with Crippen molar-refractivity contribution in [2.75, 3.05) is 13.1 Å². The molecule has 1 aliphatic rings. The number of benzene rings is 1. The van der Waals surface area contributed by atoms with Crippen molar-refractivity contribution in [1.29, 1.82) is 0 Å². The van der Waals surface area contributed by atoms with Crippen LogP contribution in [-0.4, -0.2) is 45.7 Å². The molecular formula is C17H17F2N3O2S. The third-order valence-electron chi connectivity index (χ3n) is 3.81. The number of nitrogens with zero attached hydrogens (tertiary/aromatic N) is 3. The Morgan fingerprint density at radius 2 is 2.00 bits per heavy atom. The number of piperidine rings is 1. The van der Waals surface area contributed by atoms with Crippen LogP contribution in [-0.2, 0) is 0 Å². The van der Waals surface area contributed by atoms with Gasteiger partial charge >= 0.3 is 6.01 Å². The van der Waals surface area contributed by atoms with Gasteiger partial charge in [0.25, 0.3) is 11.7 Å². The van der Waals surface area contributed by atoms with E-state index in [1.807, 2.05) is 0 Å². The number of hydrogen-bond acceptors (Lipinski definition) is 5. The Balaban J connectivity index is 1.70. The van der Waals surface area contributed by atoms with Crippen molar-refractivity contribution in [3.8, 4) is 6.01 Å². The minimum Gasteiger partial charge on any atom is -0.458 e. The van der Waals surface area contributed by atoms with Crippen molar-refractivity contribution < 1.29 is 18.3 Å². The predicted octanol–water partition coefficient (Wildman–Crippen LogP) is 3.47. The van der Waals surface area contributed by atoms with Crippen molar-refractivity contribution in [1.82, 2.24) is 14.9 Å². The number of thioether (sulfide) groups is 1. The van der Waals surface area contributed by atoms with E-state index in [2.05, 4.69) is 9.97 Å². The fourth-order valence-electron chi connectivity index (χ4n) is 2.73. The van der Waals surface area contributed by atoms with Gasteiger partial charge in [0, 0.05) is 23.8 Å². The van der Waals surface area contributed by atoms with Gasteiger partial charge in [0.2, 0.25) is 0 Å². The van der Waals surface area contributed by atoms with Crippen LogP contribution >= 0.6 is 11.8 Å². The minimum atomic E-state index is -2.57. The summed E-state index contributed by atoms with van der Waals surface area (Å²) in [4.78, 5) is 22.8. The van der Waals surface area contributed by atoms with Crippen LogP contribution in [0.5, 0.6) is 6.01 Å². The number of likely N-dealkylation sites (tertiary alicyclic amines) is 1. The lowest BCUT2D eigenvalue weighted by Gasteiger charge is -2.32. The van der Waals surface area contributed by atoms with Crippen molar-refractivity contribution in [3.63, 3.8) is 0 Å². The molecule has 132 valence electrons. The number of aromatic nitrogens is 2. The standard InChI is InChI=1S/C17H17F2N3O2S/c18-16(19)25-14-7-2-1-6-13(14)15(23)22-10-3-5-12(11-22)24-17-20-8-4-9-21-17/h1-2,4,6-9,12,16H,3,5,10-11H2. The van der Waals surface area contributed by atoms with Crippen LogP contribution in [0.3, 0.4) is 0 Å². The first-order chi connectivity index (χ1) is 12.1. The molecule has 5 nitrogen and oxygen atoms in total. The molecule has 2 heterocycles. The molecule has 1 unspecified atom stereocenters. The average molecular weight is 365 g/mol. The SMILES string of the molecule is O=C(c1ccccc1SC(F)F)N1CCCC(Oc2ncccn2)C1. The molecule has 1 fully saturated rings. The summed E-state index contributed by atoms with van der Waals surface area (Å²) >= 11 is 0.389. The normalized spacial score (nSPS) is 17.6. The zero-order chi connectivity index (χ0) is 17.6. The molecule has 0 spiro atoms. The zero-order valence-corrected chi connectivity index (χ0v) is 14.2.